The van der Waals surface area contributed by atoms with Crippen LogP contribution < -0.4 is 5.32 Å². The molecule has 0 fully saturated rings. The first-order valence-electron chi connectivity index (χ1n) is 5.31. The molecule has 0 saturated carbocycles. The second kappa shape index (κ2) is 7.29. The first-order valence-corrected chi connectivity index (χ1v) is 7.77. The molecular weight excluding hydrogens is 322 g/mol. The molecule has 1 atom stereocenters. The number of hydrogen-bond donors (Lipinski definition) is 1. The van der Waals surface area contributed by atoms with E-state index in [2.05, 4.69) is 34.4 Å². The summed E-state index contributed by atoms with van der Waals surface area (Å²) < 4.78 is 0.740. The van der Waals surface area contributed by atoms with Crippen molar-refractivity contribution < 1.29 is 4.79 Å². The predicted molar refractivity (Wildman–Crippen MR) is 79.1 cm³/mol. The van der Waals surface area contributed by atoms with Gasteiger partial charge in [-0.25, -0.2) is 0 Å². The molecule has 0 heterocycles. The summed E-state index contributed by atoms with van der Waals surface area (Å²) in [6.07, 6.45) is 3.02. The van der Waals surface area contributed by atoms with Crippen molar-refractivity contribution in [1.29, 1.82) is 0 Å². The summed E-state index contributed by atoms with van der Waals surface area (Å²) >= 11 is 11.1. The van der Waals surface area contributed by atoms with Crippen molar-refractivity contribution in [2.45, 2.75) is 18.6 Å². The van der Waals surface area contributed by atoms with E-state index in [-0.39, 0.29) is 5.91 Å². The third-order valence-corrected chi connectivity index (χ3v) is 4.77. The minimum Gasteiger partial charge on any atom is -0.352 e. The average Bonchev–Trinajstić information content (AvgIpc) is 2.32. The van der Waals surface area contributed by atoms with E-state index in [1.54, 1.807) is 23.9 Å². The lowest BCUT2D eigenvalue weighted by atomic mass is 10.2. The molecule has 1 N–H and O–H groups in total. The summed E-state index contributed by atoms with van der Waals surface area (Å²) in [5, 5.41) is 3.89. The summed E-state index contributed by atoms with van der Waals surface area (Å²) in [4.78, 5) is 11.9. The molecule has 0 aliphatic rings. The Labute approximate surface area is 120 Å². The Morgan fingerprint density at radius 2 is 2.29 bits per heavy atom. The molecule has 0 spiro atoms. The highest BCUT2D eigenvalue weighted by Crippen LogP contribution is 2.25. The number of thioether (sulfide) groups is 1. The predicted octanol–water partition coefficient (Wildman–Crippen LogP) is 3.97. The molecule has 5 heteroatoms. The molecular formula is C12H15BrClNOS. The molecule has 0 radical (unpaired) electrons. The first-order chi connectivity index (χ1) is 8.06. The number of benzene rings is 1. The lowest BCUT2D eigenvalue weighted by Crippen LogP contribution is -2.26. The zero-order valence-electron chi connectivity index (χ0n) is 9.80. The Morgan fingerprint density at radius 3 is 2.94 bits per heavy atom. The number of carbonyl (C=O) groups is 1. The van der Waals surface area contributed by atoms with Crippen LogP contribution in [0.4, 0.5) is 0 Å². The summed E-state index contributed by atoms with van der Waals surface area (Å²) in [6, 6.07) is 5.34. The molecule has 1 rings (SSSR count). The largest absolute Gasteiger partial charge is 0.352 e. The molecule has 2 nitrogen and oxygen atoms in total. The molecule has 0 aliphatic carbocycles. The highest BCUT2D eigenvalue weighted by molar-refractivity contribution is 9.10. The molecule has 17 heavy (non-hydrogen) atoms. The van der Waals surface area contributed by atoms with E-state index in [1.165, 1.54) is 0 Å². The summed E-state index contributed by atoms with van der Waals surface area (Å²) in [6.45, 7) is 2.81. The van der Waals surface area contributed by atoms with Gasteiger partial charge >= 0.3 is 0 Å². The van der Waals surface area contributed by atoms with Crippen molar-refractivity contribution >= 4 is 45.2 Å². The lowest BCUT2D eigenvalue weighted by molar-refractivity contribution is 0.0953. The van der Waals surface area contributed by atoms with E-state index in [1.807, 2.05) is 6.07 Å². The third-order valence-electron chi connectivity index (χ3n) is 2.44. The van der Waals surface area contributed by atoms with Crippen LogP contribution in [0, 0.1) is 0 Å². The van der Waals surface area contributed by atoms with Gasteiger partial charge in [0.15, 0.2) is 0 Å². The summed E-state index contributed by atoms with van der Waals surface area (Å²) in [5.41, 5.74) is 0.512. The van der Waals surface area contributed by atoms with Crippen molar-refractivity contribution in [2.24, 2.45) is 0 Å². The van der Waals surface area contributed by atoms with Gasteiger partial charge in [-0.2, -0.15) is 11.8 Å². The van der Waals surface area contributed by atoms with E-state index in [4.69, 9.17) is 11.6 Å². The maximum atomic E-state index is 11.9. The van der Waals surface area contributed by atoms with Crippen molar-refractivity contribution in [3.05, 3.63) is 33.3 Å². The van der Waals surface area contributed by atoms with Gasteiger partial charge in [-0.05, 0) is 40.7 Å². The second-order valence-corrected chi connectivity index (χ2v) is 6.20. The van der Waals surface area contributed by atoms with Gasteiger partial charge in [0.25, 0.3) is 5.91 Å². The minimum atomic E-state index is -0.121. The molecule has 0 aliphatic heterocycles. The van der Waals surface area contributed by atoms with Crippen LogP contribution in [0.1, 0.15) is 23.7 Å². The fraction of sp³-hybridized carbons (Fsp3) is 0.417. The third kappa shape index (κ3) is 4.53. The molecule has 1 aromatic rings. The number of nitrogens with one attached hydrogen (secondary N) is 1. The van der Waals surface area contributed by atoms with Gasteiger partial charge in [0, 0.05) is 16.3 Å². The Bertz CT molecular complexity index is 400. The van der Waals surface area contributed by atoms with Gasteiger partial charge in [-0.3, -0.25) is 4.79 Å². The molecule has 1 amide bonds. The second-order valence-electron chi connectivity index (χ2n) is 3.69. The molecule has 1 aromatic carbocycles. The highest BCUT2D eigenvalue weighted by atomic mass is 79.9. The highest BCUT2D eigenvalue weighted by Gasteiger charge is 2.11. The van der Waals surface area contributed by atoms with Gasteiger partial charge in [-0.15, -0.1) is 0 Å². The van der Waals surface area contributed by atoms with E-state index in [0.29, 0.717) is 22.4 Å². The molecule has 0 aromatic heterocycles. The monoisotopic (exact) mass is 335 g/mol. The van der Waals surface area contributed by atoms with Crippen LogP contribution in [0.5, 0.6) is 0 Å². The Morgan fingerprint density at radius 1 is 1.59 bits per heavy atom. The summed E-state index contributed by atoms with van der Waals surface area (Å²) in [7, 11) is 0. The lowest BCUT2D eigenvalue weighted by Gasteiger charge is -2.10. The number of carbonyl (C=O) groups excluding carboxylic acids is 1. The molecule has 0 saturated heterocycles. The number of halogens is 2. The Hall–Kier alpha value is -0.190. The van der Waals surface area contributed by atoms with E-state index >= 15 is 0 Å². The standard InChI is InChI=1S/C12H15BrClNOS/c1-8(17-2)6-7-15-12(16)9-4-3-5-10(13)11(9)14/h3-5,8H,6-7H2,1-2H3,(H,15,16). The first kappa shape index (κ1) is 14.9. The zero-order valence-corrected chi connectivity index (χ0v) is 13.0. The Kier molecular flexibility index (Phi) is 6.38. The molecule has 0 bridgehead atoms. The normalized spacial score (nSPS) is 12.2. The van der Waals surface area contributed by atoms with Gasteiger partial charge in [0.05, 0.1) is 10.6 Å². The van der Waals surface area contributed by atoms with Gasteiger partial charge < -0.3 is 5.32 Å². The Balaban J connectivity index is 2.56. The van der Waals surface area contributed by atoms with E-state index < -0.39 is 0 Å². The molecule has 1 unspecified atom stereocenters. The fourth-order valence-corrected chi connectivity index (χ4v) is 2.21. The van der Waals surface area contributed by atoms with Crippen molar-refractivity contribution in [1.82, 2.24) is 5.32 Å². The van der Waals surface area contributed by atoms with Crippen LogP contribution in [0.2, 0.25) is 5.02 Å². The van der Waals surface area contributed by atoms with Crippen molar-refractivity contribution in [2.75, 3.05) is 12.8 Å². The van der Waals surface area contributed by atoms with Crippen LogP contribution in [-0.4, -0.2) is 24.0 Å². The van der Waals surface area contributed by atoms with Crippen LogP contribution in [-0.2, 0) is 0 Å². The van der Waals surface area contributed by atoms with Gasteiger partial charge in [-0.1, -0.05) is 24.6 Å². The van der Waals surface area contributed by atoms with E-state index in [9.17, 15) is 4.79 Å². The number of amides is 1. The van der Waals surface area contributed by atoms with Crippen LogP contribution in [0.15, 0.2) is 22.7 Å². The van der Waals surface area contributed by atoms with Crippen molar-refractivity contribution in [3.63, 3.8) is 0 Å². The number of hydrogen-bond acceptors (Lipinski definition) is 2. The minimum absolute atomic E-state index is 0.121. The SMILES string of the molecule is CSC(C)CCNC(=O)c1cccc(Br)c1Cl. The van der Waals surface area contributed by atoms with Gasteiger partial charge in [0.1, 0.15) is 0 Å². The van der Waals surface area contributed by atoms with E-state index in [0.717, 1.165) is 10.9 Å². The maximum absolute atomic E-state index is 11.9. The van der Waals surface area contributed by atoms with Crippen LogP contribution in [0.3, 0.4) is 0 Å². The topological polar surface area (TPSA) is 29.1 Å². The quantitative estimate of drug-likeness (QED) is 0.881. The number of rotatable bonds is 5. The average molecular weight is 337 g/mol. The smallest absolute Gasteiger partial charge is 0.252 e. The van der Waals surface area contributed by atoms with Crippen LogP contribution in [0.25, 0.3) is 0 Å². The maximum Gasteiger partial charge on any atom is 0.252 e. The van der Waals surface area contributed by atoms with Crippen molar-refractivity contribution in [3.8, 4) is 0 Å². The molecule has 94 valence electrons. The van der Waals surface area contributed by atoms with Gasteiger partial charge in [0.2, 0.25) is 0 Å². The fourth-order valence-electron chi connectivity index (χ4n) is 1.28. The zero-order chi connectivity index (χ0) is 12.8. The van der Waals surface area contributed by atoms with Crippen LogP contribution >= 0.6 is 39.3 Å². The summed E-state index contributed by atoms with van der Waals surface area (Å²) in [5.74, 6) is -0.121.